The Kier molecular flexibility index (Phi) is 2.97. The van der Waals surface area contributed by atoms with Gasteiger partial charge in [0.15, 0.2) is 0 Å². The highest BCUT2D eigenvalue weighted by Gasteiger charge is 2.10. The third kappa shape index (κ3) is 2.83. The fourth-order valence-corrected chi connectivity index (χ4v) is 0.854. The van der Waals surface area contributed by atoms with Crippen molar-refractivity contribution in [3.05, 3.63) is 22.8 Å². The molecule has 0 unspecified atom stereocenters. The third-order valence-electron chi connectivity index (χ3n) is 1.16. The van der Waals surface area contributed by atoms with Gasteiger partial charge in [-0.25, -0.2) is 9.78 Å². The first kappa shape index (κ1) is 9.66. The number of carbonyl (C=O) groups is 2. The first-order valence-corrected chi connectivity index (χ1v) is 4.05. The number of nitrogens with one attached hydrogen (secondary N) is 1. The van der Waals surface area contributed by atoms with Gasteiger partial charge >= 0.3 is 11.9 Å². The first-order valence-electron chi connectivity index (χ1n) is 3.25. The maximum Gasteiger partial charge on any atom is 0.394 e. The molecule has 0 aliphatic rings. The number of anilines is 1. The minimum atomic E-state index is -1.54. The van der Waals surface area contributed by atoms with Gasteiger partial charge in [-0.1, -0.05) is 0 Å². The maximum atomic E-state index is 10.6. The van der Waals surface area contributed by atoms with Crippen LogP contribution in [0.25, 0.3) is 0 Å². The number of aliphatic carboxylic acids is 1. The molecule has 13 heavy (non-hydrogen) atoms. The molecule has 0 saturated heterocycles. The highest BCUT2D eigenvalue weighted by molar-refractivity contribution is 9.10. The molecule has 5 nitrogen and oxygen atoms in total. The predicted octanol–water partition coefficient (Wildman–Crippen LogP) is 0.867. The minimum Gasteiger partial charge on any atom is -0.474 e. The molecule has 6 heteroatoms. The fourth-order valence-electron chi connectivity index (χ4n) is 0.620. The number of nitrogens with zero attached hydrogens (tertiary/aromatic N) is 1. The summed E-state index contributed by atoms with van der Waals surface area (Å²) in [5, 5.41) is 10.3. The lowest BCUT2D eigenvalue weighted by molar-refractivity contribution is -0.147. The van der Waals surface area contributed by atoms with Crippen LogP contribution in [0.15, 0.2) is 22.8 Å². The standard InChI is InChI=1S/C7H5BrN2O3/c8-4-1-2-5(9-3-4)10-6(11)7(12)13/h1-3H,(H,12,13)(H,9,10,11). The molecule has 1 aromatic heterocycles. The number of halogens is 1. The Hall–Kier alpha value is -1.43. The van der Waals surface area contributed by atoms with Crippen molar-refractivity contribution in [1.82, 2.24) is 4.98 Å². The van der Waals surface area contributed by atoms with E-state index in [4.69, 9.17) is 5.11 Å². The van der Waals surface area contributed by atoms with Gasteiger partial charge in [0.2, 0.25) is 0 Å². The monoisotopic (exact) mass is 244 g/mol. The second-order valence-corrected chi connectivity index (χ2v) is 3.04. The summed E-state index contributed by atoms with van der Waals surface area (Å²) in [6.07, 6.45) is 1.46. The fraction of sp³-hybridized carbons (Fsp3) is 0. The molecular weight excluding hydrogens is 240 g/mol. The maximum absolute atomic E-state index is 10.6. The molecule has 0 aliphatic heterocycles. The highest BCUT2D eigenvalue weighted by Crippen LogP contribution is 2.09. The SMILES string of the molecule is O=C(O)C(=O)Nc1ccc(Br)cn1. The molecular formula is C7H5BrN2O3. The van der Waals surface area contributed by atoms with E-state index in [2.05, 4.69) is 26.2 Å². The van der Waals surface area contributed by atoms with Gasteiger partial charge in [-0.05, 0) is 28.1 Å². The number of carbonyl (C=O) groups excluding carboxylic acids is 1. The number of carboxylic acids is 1. The van der Waals surface area contributed by atoms with E-state index in [9.17, 15) is 9.59 Å². The molecule has 0 aromatic carbocycles. The number of hydrogen-bond acceptors (Lipinski definition) is 3. The van der Waals surface area contributed by atoms with Gasteiger partial charge in [-0.3, -0.25) is 4.79 Å². The van der Waals surface area contributed by atoms with E-state index in [1.54, 1.807) is 6.07 Å². The lowest BCUT2D eigenvalue weighted by Crippen LogP contribution is -2.22. The summed E-state index contributed by atoms with van der Waals surface area (Å²) in [5.74, 6) is -2.44. The van der Waals surface area contributed by atoms with Crippen LogP contribution in [0.2, 0.25) is 0 Å². The van der Waals surface area contributed by atoms with Crippen molar-refractivity contribution in [3.8, 4) is 0 Å². The van der Waals surface area contributed by atoms with Crippen LogP contribution in [-0.4, -0.2) is 22.0 Å². The largest absolute Gasteiger partial charge is 0.474 e. The van der Waals surface area contributed by atoms with Crippen molar-refractivity contribution in [1.29, 1.82) is 0 Å². The third-order valence-corrected chi connectivity index (χ3v) is 1.63. The highest BCUT2D eigenvalue weighted by atomic mass is 79.9. The molecule has 0 aliphatic carbocycles. The normalized spacial score (nSPS) is 9.31. The van der Waals surface area contributed by atoms with E-state index in [0.717, 1.165) is 4.47 Å². The van der Waals surface area contributed by atoms with Gasteiger partial charge in [0, 0.05) is 10.7 Å². The van der Waals surface area contributed by atoms with Crippen LogP contribution < -0.4 is 5.32 Å². The van der Waals surface area contributed by atoms with Crippen molar-refractivity contribution in [3.63, 3.8) is 0 Å². The lowest BCUT2D eigenvalue weighted by atomic mass is 10.4. The summed E-state index contributed by atoms with van der Waals surface area (Å²) in [7, 11) is 0. The average molecular weight is 245 g/mol. The van der Waals surface area contributed by atoms with Gasteiger partial charge in [0.25, 0.3) is 0 Å². The van der Waals surface area contributed by atoms with Crippen LogP contribution in [-0.2, 0) is 9.59 Å². The Morgan fingerprint density at radius 1 is 1.46 bits per heavy atom. The van der Waals surface area contributed by atoms with E-state index < -0.39 is 11.9 Å². The van der Waals surface area contributed by atoms with Crippen LogP contribution in [0, 0.1) is 0 Å². The molecule has 2 N–H and O–H groups in total. The minimum absolute atomic E-state index is 0.204. The molecule has 0 bridgehead atoms. The van der Waals surface area contributed by atoms with Crippen molar-refractivity contribution in [2.45, 2.75) is 0 Å². The Balaban J connectivity index is 2.70. The van der Waals surface area contributed by atoms with E-state index in [-0.39, 0.29) is 5.82 Å². The summed E-state index contributed by atoms with van der Waals surface area (Å²) in [4.78, 5) is 24.5. The second-order valence-electron chi connectivity index (χ2n) is 2.12. The Labute approximate surface area is 81.9 Å². The quantitative estimate of drug-likeness (QED) is 0.719. The number of carboxylic acid groups (broad SMARTS) is 1. The number of aromatic nitrogens is 1. The van der Waals surface area contributed by atoms with Crippen molar-refractivity contribution in [2.24, 2.45) is 0 Å². The van der Waals surface area contributed by atoms with Crippen LogP contribution in [0.1, 0.15) is 0 Å². The van der Waals surface area contributed by atoms with Crippen LogP contribution in [0.4, 0.5) is 5.82 Å². The molecule has 68 valence electrons. The van der Waals surface area contributed by atoms with Crippen molar-refractivity contribution < 1.29 is 14.7 Å². The zero-order valence-electron chi connectivity index (χ0n) is 6.32. The number of hydrogen-bond donors (Lipinski definition) is 2. The van der Waals surface area contributed by atoms with Gasteiger partial charge in [0.1, 0.15) is 5.82 Å². The smallest absolute Gasteiger partial charge is 0.394 e. The van der Waals surface area contributed by atoms with Gasteiger partial charge in [-0.15, -0.1) is 0 Å². The molecule has 1 aromatic rings. The van der Waals surface area contributed by atoms with Crippen molar-refractivity contribution >= 4 is 33.6 Å². The van der Waals surface area contributed by atoms with E-state index in [1.165, 1.54) is 12.3 Å². The topological polar surface area (TPSA) is 79.3 Å². The number of amides is 1. The van der Waals surface area contributed by atoms with Crippen LogP contribution in [0.5, 0.6) is 0 Å². The molecule has 0 saturated carbocycles. The second kappa shape index (κ2) is 3.99. The number of rotatable bonds is 1. The Morgan fingerprint density at radius 2 is 2.15 bits per heavy atom. The van der Waals surface area contributed by atoms with Crippen LogP contribution >= 0.6 is 15.9 Å². The van der Waals surface area contributed by atoms with Crippen LogP contribution in [0.3, 0.4) is 0 Å². The summed E-state index contributed by atoms with van der Waals surface area (Å²) in [6.45, 7) is 0. The molecule has 0 spiro atoms. The van der Waals surface area contributed by atoms with Gasteiger partial charge in [-0.2, -0.15) is 0 Å². The van der Waals surface area contributed by atoms with E-state index in [0.29, 0.717) is 0 Å². The zero-order valence-corrected chi connectivity index (χ0v) is 7.91. The molecule has 1 rings (SSSR count). The predicted molar refractivity (Wildman–Crippen MR) is 48.2 cm³/mol. The first-order chi connectivity index (χ1) is 6.09. The van der Waals surface area contributed by atoms with E-state index >= 15 is 0 Å². The Bertz CT molecular complexity index is 336. The lowest BCUT2D eigenvalue weighted by Gasteiger charge is -1.99. The molecule has 0 fully saturated rings. The molecule has 1 amide bonds. The Morgan fingerprint density at radius 3 is 2.62 bits per heavy atom. The summed E-state index contributed by atoms with van der Waals surface area (Å²) >= 11 is 3.15. The summed E-state index contributed by atoms with van der Waals surface area (Å²) in [5.41, 5.74) is 0. The molecule has 0 radical (unpaired) electrons. The number of pyridine rings is 1. The van der Waals surface area contributed by atoms with Gasteiger partial charge < -0.3 is 10.4 Å². The van der Waals surface area contributed by atoms with E-state index in [1.807, 2.05) is 0 Å². The van der Waals surface area contributed by atoms with Gasteiger partial charge in [0.05, 0.1) is 0 Å². The van der Waals surface area contributed by atoms with Crippen molar-refractivity contribution in [2.75, 3.05) is 5.32 Å². The average Bonchev–Trinajstić information content (AvgIpc) is 2.08. The summed E-state index contributed by atoms with van der Waals surface area (Å²) in [6, 6.07) is 3.13. The zero-order chi connectivity index (χ0) is 9.84. The molecule has 0 atom stereocenters. The summed E-state index contributed by atoms with van der Waals surface area (Å²) < 4.78 is 0.751. The molecule has 1 heterocycles.